The molecule has 0 spiro atoms. The minimum atomic E-state index is 0.956. The lowest BCUT2D eigenvalue weighted by Crippen LogP contribution is -1.95. The third-order valence-electron chi connectivity index (χ3n) is 10.9. The van der Waals surface area contributed by atoms with E-state index in [2.05, 4.69) is 203 Å². The van der Waals surface area contributed by atoms with Crippen LogP contribution < -0.4 is 0 Å². The van der Waals surface area contributed by atoms with Gasteiger partial charge in [0.05, 0.1) is 33.5 Å². The van der Waals surface area contributed by atoms with Gasteiger partial charge in [0.1, 0.15) is 0 Å². The van der Waals surface area contributed by atoms with Gasteiger partial charge >= 0.3 is 0 Å². The van der Waals surface area contributed by atoms with Gasteiger partial charge in [-0.2, -0.15) is 0 Å². The molecule has 0 fully saturated rings. The molecule has 11 aromatic rings. The Morgan fingerprint density at radius 3 is 1.69 bits per heavy atom. The maximum atomic E-state index is 5.07. The second-order valence-electron chi connectivity index (χ2n) is 14.0. The van der Waals surface area contributed by atoms with Gasteiger partial charge in [0.25, 0.3) is 0 Å². The Bertz CT molecular complexity index is 3220. The number of benzene rings is 8. The van der Waals surface area contributed by atoms with E-state index in [4.69, 9.17) is 4.98 Å². The Balaban J connectivity index is 1.05. The Morgan fingerprint density at radius 1 is 0.278 bits per heavy atom. The quantitative estimate of drug-likeness (QED) is 0.177. The number of para-hydroxylation sites is 2. The maximum Gasteiger partial charge on any atom is 0.0710 e. The third kappa shape index (κ3) is 4.87. The Kier molecular flexibility index (Phi) is 6.86. The number of aromatic nitrogens is 3. The summed E-state index contributed by atoms with van der Waals surface area (Å²) in [5.74, 6) is 0. The van der Waals surface area contributed by atoms with Crippen molar-refractivity contribution in [2.45, 2.75) is 0 Å². The number of hydrogen-bond donors (Lipinski definition) is 0. The van der Waals surface area contributed by atoms with Gasteiger partial charge in [0.15, 0.2) is 0 Å². The molecule has 54 heavy (non-hydrogen) atoms. The molecular weight excluding hydrogens is 655 g/mol. The van der Waals surface area contributed by atoms with Crippen LogP contribution in [-0.2, 0) is 0 Å². The Hall–Kier alpha value is -7.23. The highest BCUT2D eigenvalue weighted by molar-refractivity contribution is 6.12. The van der Waals surface area contributed by atoms with E-state index in [1.807, 2.05) is 6.07 Å². The van der Waals surface area contributed by atoms with Crippen LogP contribution in [0, 0.1) is 0 Å². The lowest BCUT2D eigenvalue weighted by molar-refractivity contribution is 1.18. The molecule has 0 amide bonds. The van der Waals surface area contributed by atoms with Crippen LogP contribution in [0.4, 0.5) is 0 Å². The van der Waals surface area contributed by atoms with Crippen molar-refractivity contribution in [2.75, 3.05) is 0 Å². The van der Waals surface area contributed by atoms with Crippen molar-refractivity contribution in [1.29, 1.82) is 0 Å². The van der Waals surface area contributed by atoms with Crippen LogP contribution in [0.1, 0.15) is 0 Å². The van der Waals surface area contributed by atoms with Gasteiger partial charge in [-0.25, -0.2) is 4.98 Å². The second-order valence-corrected chi connectivity index (χ2v) is 14.0. The van der Waals surface area contributed by atoms with Crippen LogP contribution in [0.15, 0.2) is 200 Å². The predicted octanol–water partition coefficient (Wildman–Crippen LogP) is 13.4. The van der Waals surface area contributed by atoms with E-state index in [0.29, 0.717) is 0 Å². The fourth-order valence-electron chi connectivity index (χ4n) is 8.34. The number of fused-ring (bicyclic) bond motifs is 7. The monoisotopic (exact) mass is 687 g/mol. The molecule has 8 aromatic carbocycles. The first-order valence-corrected chi connectivity index (χ1v) is 18.5. The van der Waals surface area contributed by atoms with Crippen molar-refractivity contribution in [2.24, 2.45) is 0 Å². The fraction of sp³-hybridized carbons (Fsp3) is 0. The Morgan fingerprint density at radius 2 is 0.852 bits per heavy atom. The van der Waals surface area contributed by atoms with Gasteiger partial charge in [0.2, 0.25) is 0 Å². The zero-order chi connectivity index (χ0) is 35.6. The van der Waals surface area contributed by atoms with E-state index >= 15 is 0 Å². The molecule has 3 aromatic heterocycles. The van der Waals surface area contributed by atoms with Gasteiger partial charge in [-0.05, 0) is 88.6 Å². The molecule has 3 nitrogen and oxygen atoms in total. The Labute approximate surface area is 312 Å². The summed E-state index contributed by atoms with van der Waals surface area (Å²) in [6.07, 6.45) is 0. The van der Waals surface area contributed by atoms with Crippen LogP contribution in [0.3, 0.4) is 0 Å². The minimum Gasteiger partial charge on any atom is -0.309 e. The van der Waals surface area contributed by atoms with E-state index in [9.17, 15) is 0 Å². The summed E-state index contributed by atoms with van der Waals surface area (Å²) < 4.78 is 4.81. The lowest BCUT2D eigenvalue weighted by atomic mass is 10.0. The number of rotatable bonds is 5. The summed E-state index contributed by atoms with van der Waals surface area (Å²) in [5, 5.41) is 7.46. The summed E-state index contributed by atoms with van der Waals surface area (Å²) in [6.45, 7) is 0. The van der Waals surface area contributed by atoms with Gasteiger partial charge in [-0.3, -0.25) is 0 Å². The normalized spacial score (nSPS) is 11.7. The standard InChI is InChI=1S/C51H33N3/c1-2-13-35(14-3-1)46-20-11-21-47(52-46)39-16-10-17-40(31-39)53-49-23-9-7-19-43(49)45-32-37(26-29-50(45)53)38-25-28-44-42-18-6-8-22-48(42)54(51(44)33-38)41-27-24-34-12-4-5-15-36(34)30-41/h1-33H. The summed E-state index contributed by atoms with van der Waals surface area (Å²) in [5.41, 5.74) is 13.6. The molecule has 0 aliphatic heterocycles. The summed E-state index contributed by atoms with van der Waals surface area (Å²) in [6, 6.07) is 72.1. The first-order chi connectivity index (χ1) is 26.8. The molecule has 0 bridgehead atoms. The molecule has 0 radical (unpaired) electrons. The SMILES string of the molecule is c1ccc(-c2cccc(-c3cccc(-n4c5ccccc5c5cc(-c6ccc7c8ccccc8n(-c8ccc9ccccc9c8)c7c6)ccc54)c3)n2)cc1. The van der Waals surface area contributed by atoms with Crippen molar-refractivity contribution in [3.05, 3.63) is 200 Å². The summed E-state index contributed by atoms with van der Waals surface area (Å²) in [4.78, 5) is 5.07. The number of pyridine rings is 1. The molecule has 0 aliphatic rings. The van der Waals surface area contributed by atoms with Crippen molar-refractivity contribution in [3.8, 4) is 45.0 Å². The molecule has 252 valence electrons. The van der Waals surface area contributed by atoms with Gasteiger partial charge in [-0.1, -0.05) is 133 Å². The zero-order valence-electron chi connectivity index (χ0n) is 29.4. The van der Waals surface area contributed by atoms with Crippen molar-refractivity contribution in [3.63, 3.8) is 0 Å². The number of nitrogens with zero attached hydrogens (tertiary/aromatic N) is 3. The molecular formula is C51H33N3. The minimum absolute atomic E-state index is 0.956. The molecule has 3 heteroatoms. The molecule has 0 saturated carbocycles. The topological polar surface area (TPSA) is 22.8 Å². The number of hydrogen-bond acceptors (Lipinski definition) is 1. The lowest BCUT2D eigenvalue weighted by Gasteiger charge is -2.12. The highest BCUT2D eigenvalue weighted by Crippen LogP contribution is 2.39. The molecule has 0 aliphatic carbocycles. The van der Waals surface area contributed by atoms with Crippen LogP contribution in [0.25, 0.3) is 99.4 Å². The van der Waals surface area contributed by atoms with Crippen LogP contribution in [0.2, 0.25) is 0 Å². The van der Waals surface area contributed by atoms with E-state index in [0.717, 1.165) is 28.2 Å². The zero-order valence-corrected chi connectivity index (χ0v) is 29.4. The fourth-order valence-corrected chi connectivity index (χ4v) is 8.34. The third-order valence-corrected chi connectivity index (χ3v) is 10.9. The van der Waals surface area contributed by atoms with Crippen molar-refractivity contribution >= 4 is 54.4 Å². The van der Waals surface area contributed by atoms with Gasteiger partial charge < -0.3 is 9.13 Å². The molecule has 3 heterocycles. The second kappa shape index (κ2) is 12.2. The highest BCUT2D eigenvalue weighted by atomic mass is 15.0. The molecule has 11 rings (SSSR count). The van der Waals surface area contributed by atoms with E-state index in [-0.39, 0.29) is 0 Å². The molecule has 0 N–H and O–H groups in total. The smallest absolute Gasteiger partial charge is 0.0710 e. The van der Waals surface area contributed by atoms with E-state index in [1.165, 1.54) is 71.2 Å². The molecule has 0 saturated heterocycles. The first kappa shape index (κ1) is 30.4. The van der Waals surface area contributed by atoms with Gasteiger partial charge in [-0.15, -0.1) is 0 Å². The van der Waals surface area contributed by atoms with Crippen molar-refractivity contribution < 1.29 is 0 Å². The highest BCUT2D eigenvalue weighted by Gasteiger charge is 2.17. The summed E-state index contributed by atoms with van der Waals surface area (Å²) >= 11 is 0. The van der Waals surface area contributed by atoms with Crippen LogP contribution in [-0.4, -0.2) is 14.1 Å². The molecule has 0 unspecified atom stereocenters. The maximum absolute atomic E-state index is 5.07. The molecule has 0 atom stereocenters. The average Bonchev–Trinajstić information content (AvgIpc) is 3.76. The van der Waals surface area contributed by atoms with E-state index < -0.39 is 0 Å². The average molecular weight is 688 g/mol. The van der Waals surface area contributed by atoms with E-state index in [1.54, 1.807) is 0 Å². The van der Waals surface area contributed by atoms with Gasteiger partial charge in [0, 0.05) is 44.0 Å². The van der Waals surface area contributed by atoms with Crippen LogP contribution in [0.5, 0.6) is 0 Å². The van der Waals surface area contributed by atoms with Crippen LogP contribution >= 0.6 is 0 Å². The predicted molar refractivity (Wildman–Crippen MR) is 227 cm³/mol. The van der Waals surface area contributed by atoms with Crippen molar-refractivity contribution in [1.82, 2.24) is 14.1 Å². The first-order valence-electron chi connectivity index (χ1n) is 18.5. The largest absolute Gasteiger partial charge is 0.309 e. The summed E-state index contributed by atoms with van der Waals surface area (Å²) in [7, 11) is 0.